The number of carbonyl (C=O) groups excluding carboxylic acids is 1. The molecule has 19 heavy (non-hydrogen) atoms. The van der Waals surface area contributed by atoms with Crippen molar-refractivity contribution in [3.63, 3.8) is 0 Å². The molecule has 0 aromatic heterocycles. The van der Waals surface area contributed by atoms with Gasteiger partial charge < -0.3 is 20.1 Å². The molecule has 1 atom stereocenters. The summed E-state index contributed by atoms with van der Waals surface area (Å²) in [6, 6.07) is 7.51. The lowest BCUT2D eigenvalue weighted by molar-refractivity contribution is -0.153. The Labute approximate surface area is 109 Å². The van der Waals surface area contributed by atoms with E-state index in [1.165, 1.54) is 18.2 Å². The maximum atomic E-state index is 11.6. The Hall–Kier alpha value is -2.27. The molecule has 0 aliphatic carbocycles. The van der Waals surface area contributed by atoms with Crippen molar-refractivity contribution in [1.29, 1.82) is 0 Å². The van der Waals surface area contributed by atoms with E-state index >= 15 is 0 Å². The molecular weight excluding hydrogens is 248 g/mol. The minimum absolute atomic E-state index is 0.0181. The fraction of sp³-hybridized carbons (Fsp3) is 0.214. The monoisotopic (exact) mass is 262 g/mol. The molecule has 0 saturated carbocycles. The standard InChI is InChI=1S/C14H14O5/c1-2-19-14(18)13(17)12-10-7-9(15)5-3-8(10)4-6-11(12)16/h3-7,13,15-17H,2H2,1H3. The third-order valence-electron chi connectivity index (χ3n) is 2.81. The van der Waals surface area contributed by atoms with Crippen LogP contribution in [0, 0.1) is 0 Å². The lowest BCUT2D eigenvalue weighted by Gasteiger charge is -2.14. The largest absolute Gasteiger partial charge is 0.508 e. The number of phenols is 2. The van der Waals surface area contributed by atoms with Crippen LogP contribution in [0.4, 0.5) is 0 Å². The topological polar surface area (TPSA) is 87.0 Å². The Morgan fingerprint density at radius 2 is 1.95 bits per heavy atom. The van der Waals surface area contributed by atoms with Crippen LogP contribution in [0.25, 0.3) is 10.8 Å². The summed E-state index contributed by atoms with van der Waals surface area (Å²) in [4.78, 5) is 11.6. The second-order valence-electron chi connectivity index (χ2n) is 4.06. The molecule has 3 N–H and O–H groups in total. The van der Waals surface area contributed by atoms with Crippen molar-refractivity contribution >= 4 is 16.7 Å². The molecule has 0 bridgehead atoms. The van der Waals surface area contributed by atoms with Crippen LogP contribution in [0.5, 0.6) is 11.5 Å². The second kappa shape index (κ2) is 5.16. The van der Waals surface area contributed by atoms with E-state index in [2.05, 4.69) is 0 Å². The number of hydrogen-bond donors (Lipinski definition) is 3. The second-order valence-corrected chi connectivity index (χ2v) is 4.06. The summed E-state index contributed by atoms with van der Waals surface area (Å²) < 4.78 is 4.73. The van der Waals surface area contributed by atoms with E-state index in [1.54, 1.807) is 19.1 Å². The van der Waals surface area contributed by atoms with Gasteiger partial charge in [0.15, 0.2) is 6.10 Å². The number of rotatable bonds is 3. The lowest BCUT2D eigenvalue weighted by atomic mass is 9.99. The normalized spacial score (nSPS) is 12.3. The molecule has 0 spiro atoms. The third-order valence-corrected chi connectivity index (χ3v) is 2.81. The van der Waals surface area contributed by atoms with Gasteiger partial charge in [-0.25, -0.2) is 4.79 Å². The molecule has 0 aliphatic rings. The highest BCUT2D eigenvalue weighted by Gasteiger charge is 2.24. The molecule has 5 nitrogen and oxygen atoms in total. The fourth-order valence-electron chi connectivity index (χ4n) is 1.95. The van der Waals surface area contributed by atoms with Crippen molar-refractivity contribution in [2.45, 2.75) is 13.0 Å². The zero-order chi connectivity index (χ0) is 14.0. The van der Waals surface area contributed by atoms with Gasteiger partial charge in [0, 0.05) is 5.56 Å². The van der Waals surface area contributed by atoms with Crippen LogP contribution in [0.3, 0.4) is 0 Å². The number of fused-ring (bicyclic) bond motifs is 1. The number of phenolic OH excluding ortho intramolecular Hbond substituents is 2. The van der Waals surface area contributed by atoms with Crippen LogP contribution >= 0.6 is 0 Å². The molecule has 2 rings (SSSR count). The Kier molecular flexibility index (Phi) is 3.57. The number of esters is 1. The van der Waals surface area contributed by atoms with Gasteiger partial charge in [0.05, 0.1) is 6.61 Å². The summed E-state index contributed by atoms with van der Waals surface area (Å²) in [5.41, 5.74) is 0.0341. The van der Waals surface area contributed by atoms with Crippen molar-refractivity contribution in [1.82, 2.24) is 0 Å². The Bertz CT molecular complexity index is 615. The summed E-state index contributed by atoms with van der Waals surface area (Å²) in [5, 5.41) is 30.4. The first-order chi connectivity index (χ1) is 9.04. The van der Waals surface area contributed by atoms with E-state index in [0.717, 1.165) is 0 Å². The minimum atomic E-state index is -1.59. The average Bonchev–Trinajstić information content (AvgIpc) is 2.38. The number of hydrogen-bond acceptors (Lipinski definition) is 5. The summed E-state index contributed by atoms with van der Waals surface area (Å²) >= 11 is 0. The highest BCUT2D eigenvalue weighted by atomic mass is 16.5. The average molecular weight is 262 g/mol. The fourth-order valence-corrected chi connectivity index (χ4v) is 1.95. The molecule has 100 valence electrons. The molecule has 5 heteroatoms. The van der Waals surface area contributed by atoms with E-state index in [1.807, 2.05) is 0 Å². The van der Waals surface area contributed by atoms with Crippen molar-refractivity contribution in [3.05, 3.63) is 35.9 Å². The highest BCUT2D eigenvalue weighted by Crippen LogP contribution is 2.34. The van der Waals surface area contributed by atoms with Gasteiger partial charge in [-0.3, -0.25) is 0 Å². The van der Waals surface area contributed by atoms with Gasteiger partial charge >= 0.3 is 5.97 Å². The first kappa shape index (κ1) is 13.2. The minimum Gasteiger partial charge on any atom is -0.508 e. The number of ether oxygens (including phenoxy) is 1. The number of aliphatic hydroxyl groups excluding tert-OH is 1. The van der Waals surface area contributed by atoms with Gasteiger partial charge in [-0.15, -0.1) is 0 Å². The summed E-state index contributed by atoms with van der Waals surface area (Å²) in [5.74, 6) is -1.08. The molecule has 1 unspecified atom stereocenters. The van der Waals surface area contributed by atoms with Crippen LogP contribution < -0.4 is 0 Å². The van der Waals surface area contributed by atoms with Crippen molar-refractivity contribution in [2.24, 2.45) is 0 Å². The van der Waals surface area contributed by atoms with Gasteiger partial charge in [-0.05, 0) is 35.9 Å². The summed E-state index contributed by atoms with van der Waals surface area (Å²) in [6.07, 6.45) is -1.59. The van der Waals surface area contributed by atoms with Gasteiger partial charge in [-0.1, -0.05) is 12.1 Å². The zero-order valence-corrected chi connectivity index (χ0v) is 10.3. The molecule has 2 aromatic carbocycles. The SMILES string of the molecule is CCOC(=O)C(O)c1c(O)ccc2ccc(O)cc12. The maximum absolute atomic E-state index is 11.6. The number of aliphatic hydroxyl groups is 1. The van der Waals surface area contributed by atoms with Crippen LogP contribution in [0.1, 0.15) is 18.6 Å². The van der Waals surface area contributed by atoms with Gasteiger partial charge in [0.1, 0.15) is 11.5 Å². The molecule has 0 saturated heterocycles. The van der Waals surface area contributed by atoms with Crippen LogP contribution in [-0.2, 0) is 9.53 Å². The van der Waals surface area contributed by atoms with Crippen molar-refractivity contribution in [2.75, 3.05) is 6.61 Å². The Balaban J connectivity index is 2.60. The lowest BCUT2D eigenvalue weighted by Crippen LogP contribution is -2.15. The van der Waals surface area contributed by atoms with E-state index in [-0.39, 0.29) is 23.7 Å². The third kappa shape index (κ3) is 2.46. The van der Waals surface area contributed by atoms with E-state index in [4.69, 9.17) is 4.74 Å². The Morgan fingerprint density at radius 3 is 2.63 bits per heavy atom. The van der Waals surface area contributed by atoms with E-state index in [9.17, 15) is 20.1 Å². The van der Waals surface area contributed by atoms with Gasteiger partial charge in [0.2, 0.25) is 0 Å². The molecule has 0 radical (unpaired) electrons. The van der Waals surface area contributed by atoms with E-state index in [0.29, 0.717) is 10.8 Å². The quantitative estimate of drug-likeness (QED) is 0.735. The van der Waals surface area contributed by atoms with Crippen molar-refractivity contribution in [3.8, 4) is 11.5 Å². The smallest absolute Gasteiger partial charge is 0.339 e. The number of carbonyl (C=O) groups is 1. The maximum Gasteiger partial charge on any atom is 0.339 e. The van der Waals surface area contributed by atoms with Gasteiger partial charge in [0.25, 0.3) is 0 Å². The predicted octanol–water partition coefficient (Wildman–Crippen LogP) is 1.85. The summed E-state index contributed by atoms with van der Waals surface area (Å²) in [6.45, 7) is 1.76. The molecule has 0 fully saturated rings. The highest BCUT2D eigenvalue weighted by molar-refractivity contribution is 5.93. The van der Waals surface area contributed by atoms with Crippen LogP contribution in [-0.4, -0.2) is 27.9 Å². The molecule has 0 heterocycles. The first-order valence-corrected chi connectivity index (χ1v) is 5.84. The first-order valence-electron chi connectivity index (χ1n) is 5.84. The van der Waals surface area contributed by atoms with Gasteiger partial charge in [-0.2, -0.15) is 0 Å². The summed E-state index contributed by atoms with van der Waals surface area (Å²) in [7, 11) is 0. The molecular formula is C14H14O5. The predicted molar refractivity (Wildman–Crippen MR) is 68.9 cm³/mol. The van der Waals surface area contributed by atoms with Crippen LogP contribution in [0.15, 0.2) is 30.3 Å². The number of benzene rings is 2. The Morgan fingerprint density at radius 1 is 1.26 bits per heavy atom. The van der Waals surface area contributed by atoms with Crippen LogP contribution in [0.2, 0.25) is 0 Å². The number of aromatic hydroxyl groups is 2. The molecule has 2 aromatic rings. The zero-order valence-electron chi connectivity index (χ0n) is 10.3. The molecule has 0 aliphatic heterocycles. The van der Waals surface area contributed by atoms with E-state index < -0.39 is 12.1 Å². The van der Waals surface area contributed by atoms with Crippen molar-refractivity contribution < 1.29 is 24.9 Å². The molecule has 0 amide bonds.